The molecule has 3 heteroatoms. The highest BCUT2D eigenvalue weighted by Crippen LogP contribution is 2.57. The minimum absolute atomic E-state index is 0.315. The number of aliphatic imine (C=N–C) groups is 1. The molecule has 0 saturated carbocycles. The molecule has 0 radical (unpaired) electrons. The van der Waals surface area contributed by atoms with E-state index in [4.69, 9.17) is 4.99 Å². The average molecular weight is 811 g/mol. The Balaban J connectivity index is 0.851. The lowest BCUT2D eigenvalue weighted by Gasteiger charge is -2.40. The van der Waals surface area contributed by atoms with E-state index in [9.17, 15) is 0 Å². The van der Waals surface area contributed by atoms with Crippen molar-refractivity contribution in [3.8, 4) is 0 Å². The van der Waals surface area contributed by atoms with Gasteiger partial charge in [0.2, 0.25) is 0 Å². The molecule has 0 N–H and O–H groups in total. The van der Waals surface area contributed by atoms with E-state index in [1.807, 2.05) is 0 Å². The van der Waals surface area contributed by atoms with Crippen LogP contribution in [0, 0.1) is 47.3 Å². The number of allylic oxidation sites excluding steroid dienone is 20. The number of rotatable bonds is 5. The highest BCUT2D eigenvalue weighted by atomic mass is 32.2. The minimum Gasteiger partial charge on any atom is -0.361 e. The van der Waals surface area contributed by atoms with Crippen molar-refractivity contribution in [1.82, 2.24) is 4.90 Å². The molecule has 12 aliphatic rings. The summed E-state index contributed by atoms with van der Waals surface area (Å²) in [4.78, 5) is 9.64. The lowest BCUT2D eigenvalue weighted by Crippen LogP contribution is -2.40. The molecule has 0 aromatic carbocycles. The molecule has 12 atom stereocenters. The van der Waals surface area contributed by atoms with Crippen molar-refractivity contribution < 1.29 is 0 Å². The van der Waals surface area contributed by atoms with Gasteiger partial charge in [0.05, 0.1) is 18.1 Å². The number of nitrogens with zero attached hydrogens (tertiary/aromatic N) is 2. The second kappa shape index (κ2) is 16.0. The molecule has 2 saturated heterocycles. The highest BCUT2D eigenvalue weighted by Gasteiger charge is 2.49. The summed E-state index contributed by atoms with van der Waals surface area (Å²) in [5.41, 5.74) is 14.8. The monoisotopic (exact) mass is 810 g/mol. The van der Waals surface area contributed by atoms with Gasteiger partial charge in [-0.05, 0) is 190 Å². The van der Waals surface area contributed by atoms with Gasteiger partial charge in [0, 0.05) is 33.6 Å². The van der Waals surface area contributed by atoms with Crippen molar-refractivity contribution in [2.75, 3.05) is 0 Å². The van der Waals surface area contributed by atoms with E-state index < -0.39 is 0 Å². The van der Waals surface area contributed by atoms with Crippen LogP contribution >= 0.6 is 11.8 Å². The van der Waals surface area contributed by atoms with Gasteiger partial charge in [0.1, 0.15) is 0 Å². The Bertz CT molecular complexity index is 2230. The molecule has 310 valence electrons. The average Bonchev–Trinajstić information content (AvgIpc) is 3.82. The summed E-state index contributed by atoms with van der Waals surface area (Å²) in [6.07, 6.45) is 64.3. The first-order valence-corrected chi connectivity index (χ1v) is 25.5. The second-order valence-corrected chi connectivity index (χ2v) is 21.9. The third-order valence-electron chi connectivity index (χ3n) is 17.6. The van der Waals surface area contributed by atoms with Crippen molar-refractivity contribution in [3.05, 3.63) is 152 Å². The molecule has 12 rings (SSSR count). The molecule has 12 unspecified atom stereocenters. The van der Waals surface area contributed by atoms with Crippen LogP contribution in [0.1, 0.15) is 116 Å². The van der Waals surface area contributed by atoms with Crippen LogP contribution in [0.25, 0.3) is 0 Å². The van der Waals surface area contributed by atoms with Crippen LogP contribution in [0.5, 0.6) is 0 Å². The fourth-order valence-corrected chi connectivity index (χ4v) is 16.1. The maximum Gasteiger partial charge on any atom is 0.0743 e. The van der Waals surface area contributed by atoms with E-state index in [0.717, 1.165) is 42.3 Å². The Hall–Kier alpha value is -3.56. The van der Waals surface area contributed by atoms with Crippen molar-refractivity contribution in [2.24, 2.45) is 52.3 Å². The summed E-state index contributed by atoms with van der Waals surface area (Å²) in [7, 11) is 0. The molecule has 0 spiro atoms. The molecular formula is C57H66N2S. The van der Waals surface area contributed by atoms with Gasteiger partial charge < -0.3 is 4.90 Å². The Morgan fingerprint density at radius 1 is 0.717 bits per heavy atom. The van der Waals surface area contributed by atoms with Crippen LogP contribution in [0.3, 0.4) is 0 Å². The number of hydrogen-bond acceptors (Lipinski definition) is 3. The van der Waals surface area contributed by atoms with Crippen LogP contribution in [-0.4, -0.2) is 34.5 Å². The molecule has 60 heavy (non-hydrogen) atoms. The predicted molar refractivity (Wildman–Crippen MR) is 253 cm³/mol. The zero-order chi connectivity index (χ0) is 39.7. The van der Waals surface area contributed by atoms with Crippen molar-refractivity contribution >= 4 is 18.0 Å². The van der Waals surface area contributed by atoms with Gasteiger partial charge in [-0.1, -0.05) is 104 Å². The van der Waals surface area contributed by atoms with Crippen molar-refractivity contribution in [1.29, 1.82) is 0 Å². The summed E-state index contributed by atoms with van der Waals surface area (Å²) >= 11 is 2.20. The van der Waals surface area contributed by atoms with Crippen LogP contribution in [0.15, 0.2) is 157 Å². The maximum absolute atomic E-state index is 5.09. The first-order valence-electron chi connectivity index (χ1n) is 24.7. The first-order chi connectivity index (χ1) is 29.6. The van der Waals surface area contributed by atoms with Gasteiger partial charge >= 0.3 is 0 Å². The van der Waals surface area contributed by atoms with Crippen LogP contribution < -0.4 is 0 Å². The number of hydrogen-bond donors (Lipinski definition) is 0. The molecule has 0 amide bonds. The van der Waals surface area contributed by atoms with E-state index >= 15 is 0 Å². The summed E-state index contributed by atoms with van der Waals surface area (Å²) in [5, 5.41) is 0.778. The maximum atomic E-state index is 5.09. The number of likely N-dealkylation sites (tertiary alicyclic amines) is 1. The van der Waals surface area contributed by atoms with Crippen molar-refractivity contribution in [2.45, 2.75) is 139 Å². The molecule has 0 aromatic heterocycles. The Morgan fingerprint density at radius 2 is 1.65 bits per heavy atom. The third kappa shape index (κ3) is 6.69. The summed E-state index contributed by atoms with van der Waals surface area (Å²) in [6, 6.07) is 1.20. The molecule has 2 nitrogen and oxygen atoms in total. The topological polar surface area (TPSA) is 15.6 Å². The van der Waals surface area contributed by atoms with Gasteiger partial charge in [-0.15, -0.1) is 11.8 Å². The summed E-state index contributed by atoms with van der Waals surface area (Å²) in [6.45, 7) is 2.68. The molecule has 3 heterocycles. The SMILES string of the molecule is CC1C(C2C=C3C(=CC2)SC2CCC=CC32)CC2=C(C=CCC2)C2C=C(C3=CC=C4C(C3)C3CCC=CC3N4C3C=C(C4CCCC=N4)C=C(C4=CC=CCC4)C3)CCC21. The fourth-order valence-electron chi connectivity index (χ4n) is 14.6. The summed E-state index contributed by atoms with van der Waals surface area (Å²) < 4.78 is 0. The molecule has 3 aliphatic heterocycles. The zero-order valence-electron chi connectivity index (χ0n) is 36.1. The van der Waals surface area contributed by atoms with E-state index in [1.165, 1.54) is 95.5 Å². The highest BCUT2D eigenvalue weighted by molar-refractivity contribution is 8.04. The quantitative estimate of drug-likeness (QED) is 0.257. The largest absolute Gasteiger partial charge is 0.361 e. The Labute approximate surface area is 365 Å². The normalized spacial score (nSPS) is 40.2. The number of fused-ring (bicyclic) bond motifs is 8. The van der Waals surface area contributed by atoms with Gasteiger partial charge in [-0.25, -0.2) is 0 Å². The minimum atomic E-state index is 0.315. The molecular weight excluding hydrogens is 745 g/mol. The lowest BCUT2D eigenvalue weighted by atomic mass is 9.65. The van der Waals surface area contributed by atoms with E-state index in [1.54, 1.807) is 49.6 Å². The molecule has 9 aliphatic carbocycles. The van der Waals surface area contributed by atoms with E-state index in [0.29, 0.717) is 47.7 Å². The Kier molecular flexibility index (Phi) is 10.2. The van der Waals surface area contributed by atoms with Crippen LogP contribution in [0.2, 0.25) is 0 Å². The standard InChI is InChI=1S/C57H66N2S/c1-36-45-25-22-38(32-50(45)46-16-6-5-15-40(46)34-49(36)41-24-27-57-52(35-41)48-18-8-10-21-56(48)60-57)39-23-26-55-51(33-39)47-17-7-9-20-54(47)59(55)44-30-42(37-13-3-2-4-14-37)29-43(31-44)53-19-11-12-28-58-53/h2-3,6,8-9,13,16,18,20,23,26-29,31-32,35-36,41,44-45,47-51,53-54,56H,4-5,7,10-12,14-15,17,19,21-22,24-25,30,33-34H2,1H3. The van der Waals surface area contributed by atoms with Crippen LogP contribution in [-0.2, 0) is 0 Å². The smallest absolute Gasteiger partial charge is 0.0743 e. The lowest BCUT2D eigenvalue weighted by molar-refractivity contribution is 0.170. The second-order valence-electron chi connectivity index (χ2n) is 20.6. The van der Waals surface area contributed by atoms with E-state index in [2.05, 4.69) is 127 Å². The van der Waals surface area contributed by atoms with Gasteiger partial charge in [0.15, 0.2) is 0 Å². The molecule has 2 fully saturated rings. The van der Waals surface area contributed by atoms with Gasteiger partial charge in [-0.2, -0.15) is 0 Å². The van der Waals surface area contributed by atoms with Gasteiger partial charge in [0.25, 0.3) is 0 Å². The number of thioether (sulfide) groups is 1. The van der Waals surface area contributed by atoms with Crippen LogP contribution in [0.4, 0.5) is 0 Å². The summed E-state index contributed by atoms with van der Waals surface area (Å²) in [5.74, 6) is 5.42. The Morgan fingerprint density at radius 3 is 2.57 bits per heavy atom. The molecule has 0 bridgehead atoms. The predicted octanol–water partition coefficient (Wildman–Crippen LogP) is 14.2. The third-order valence-corrected chi connectivity index (χ3v) is 19.1. The zero-order valence-corrected chi connectivity index (χ0v) is 36.9. The molecule has 0 aromatic rings. The van der Waals surface area contributed by atoms with E-state index in [-0.39, 0.29) is 0 Å². The van der Waals surface area contributed by atoms with Gasteiger partial charge in [-0.3, -0.25) is 4.99 Å². The fraction of sp³-hybridized carbons (Fsp3) is 0.526. The first kappa shape index (κ1) is 38.1. The van der Waals surface area contributed by atoms with Crippen molar-refractivity contribution in [3.63, 3.8) is 0 Å².